The van der Waals surface area contributed by atoms with Gasteiger partial charge >= 0.3 is 0 Å². The van der Waals surface area contributed by atoms with E-state index in [9.17, 15) is 4.39 Å². The number of hydrogen-bond donors (Lipinski definition) is 1. The minimum atomic E-state index is -0.242. The van der Waals surface area contributed by atoms with Gasteiger partial charge < -0.3 is 10.2 Å². The van der Waals surface area contributed by atoms with Gasteiger partial charge in [0.05, 0.1) is 5.69 Å². The van der Waals surface area contributed by atoms with E-state index in [1.54, 1.807) is 18.2 Å². The average Bonchev–Trinajstić information content (AvgIpc) is 2.56. The summed E-state index contributed by atoms with van der Waals surface area (Å²) in [7, 11) is 0. The number of aromatic nitrogens is 1. The molecule has 72 valence electrons. The molecule has 0 aliphatic rings. The average molecular weight is 192 g/mol. The Morgan fingerprint density at radius 1 is 1.36 bits per heavy atom. The Hall–Kier alpha value is -1.84. The van der Waals surface area contributed by atoms with Crippen LogP contribution in [0.1, 0.15) is 11.3 Å². The molecule has 4 heteroatoms. The van der Waals surface area contributed by atoms with Gasteiger partial charge in [-0.05, 0) is 11.6 Å². The maximum atomic E-state index is 13.2. The molecule has 0 amide bonds. The van der Waals surface area contributed by atoms with Gasteiger partial charge in [0.25, 0.3) is 6.01 Å². The normalized spacial score (nSPS) is 10.4. The van der Waals surface area contributed by atoms with Crippen LogP contribution in [-0.2, 0) is 6.42 Å². The van der Waals surface area contributed by atoms with Crippen LogP contribution in [0.5, 0.6) is 0 Å². The van der Waals surface area contributed by atoms with Crippen LogP contribution in [-0.4, -0.2) is 4.98 Å². The standard InChI is InChI=1S/C10H9FN2O/c11-9-4-2-1-3-7(9)5-8-6-14-10(12)13-8/h1-4,6H,5H2,(H2,12,13). The molecule has 0 fully saturated rings. The van der Waals surface area contributed by atoms with E-state index in [-0.39, 0.29) is 11.8 Å². The predicted octanol–water partition coefficient (Wildman–Crippen LogP) is 1.99. The van der Waals surface area contributed by atoms with Crippen molar-refractivity contribution in [3.8, 4) is 0 Å². The molecule has 0 saturated heterocycles. The van der Waals surface area contributed by atoms with Crippen LogP contribution in [0.3, 0.4) is 0 Å². The molecule has 0 unspecified atom stereocenters. The van der Waals surface area contributed by atoms with Crippen molar-refractivity contribution in [3.05, 3.63) is 47.6 Å². The first-order chi connectivity index (χ1) is 6.75. The van der Waals surface area contributed by atoms with Crippen LogP contribution >= 0.6 is 0 Å². The molecular formula is C10H9FN2O. The first-order valence-electron chi connectivity index (χ1n) is 4.19. The Balaban J connectivity index is 2.23. The number of nitrogen functional groups attached to an aromatic ring is 1. The lowest BCUT2D eigenvalue weighted by Crippen LogP contribution is -1.93. The van der Waals surface area contributed by atoms with Crippen LogP contribution in [0, 0.1) is 5.82 Å². The summed E-state index contributed by atoms with van der Waals surface area (Å²) in [6, 6.07) is 6.66. The molecule has 0 radical (unpaired) electrons. The third kappa shape index (κ3) is 1.74. The van der Waals surface area contributed by atoms with Crippen LogP contribution < -0.4 is 5.73 Å². The van der Waals surface area contributed by atoms with Crippen molar-refractivity contribution < 1.29 is 8.81 Å². The number of nitrogens with zero attached hydrogens (tertiary/aromatic N) is 1. The van der Waals surface area contributed by atoms with Gasteiger partial charge in [0, 0.05) is 6.42 Å². The van der Waals surface area contributed by atoms with Crippen LogP contribution in [0.4, 0.5) is 10.4 Å². The van der Waals surface area contributed by atoms with Gasteiger partial charge in [-0.25, -0.2) is 4.39 Å². The van der Waals surface area contributed by atoms with Gasteiger partial charge in [-0.15, -0.1) is 0 Å². The molecule has 0 bridgehead atoms. The van der Waals surface area contributed by atoms with Gasteiger partial charge in [-0.2, -0.15) is 4.98 Å². The van der Waals surface area contributed by atoms with Crippen LogP contribution in [0.2, 0.25) is 0 Å². The summed E-state index contributed by atoms with van der Waals surface area (Å²) in [5, 5.41) is 0. The molecule has 14 heavy (non-hydrogen) atoms. The van der Waals surface area contributed by atoms with Gasteiger partial charge in [-0.3, -0.25) is 0 Å². The maximum Gasteiger partial charge on any atom is 0.292 e. The highest BCUT2D eigenvalue weighted by atomic mass is 19.1. The predicted molar refractivity (Wildman–Crippen MR) is 50.1 cm³/mol. The van der Waals surface area contributed by atoms with E-state index < -0.39 is 0 Å². The van der Waals surface area contributed by atoms with Gasteiger partial charge in [0.15, 0.2) is 0 Å². The lowest BCUT2D eigenvalue weighted by Gasteiger charge is -1.98. The highest BCUT2D eigenvalue weighted by Gasteiger charge is 2.05. The summed E-state index contributed by atoms with van der Waals surface area (Å²) in [5.74, 6) is -0.242. The summed E-state index contributed by atoms with van der Waals surface area (Å²) in [5.41, 5.74) is 6.51. The topological polar surface area (TPSA) is 52.0 Å². The molecule has 1 aromatic heterocycles. The monoisotopic (exact) mass is 192 g/mol. The van der Waals surface area contributed by atoms with Gasteiger partial charge in [0.1, 0.15) is 12.1 Å². The van der Waals surface area contributed by atoms with Crippen molar-refractivity contribution in [2.75, 3.05) is 5.73 Å². The van der Waals surface area contributed by atoms with Crippen molar-refractivity contribution in [1.82, 2.24) is 4.98 Å². The molecule has 2 aromatic rings. The number of rotatable bonds is 2. The van der Waals surface area contributed by atoms with Crippen molar-refractivity contribution >= 4 is 6.01 Å². The van der Waals surface area contributed by atoms with Crippen molar-refractivity contribution in [3.63, 3.8) is 0 Å². The lowest BCUT2D eigenvalue weighted by atomic mass is 10.1. The maximum absolute atomic E-state index is 13.2. The van der Waals surface area contributed by atoms with Gasteiger partial charge in [0.2, 0.25) is 0 Å². The smallest absolute Gasteiger partial charge is 0.292 e. The van der Waals surface area contributed by atoms with E-state index >= 15 is 0 Å². The molecule has 0 spiro atoms. The Bertz CT molecular complexity index is 439. The highest BCUT2D eigenvalue weighted by molar-refractivity contribution is 5.24. The number of hydrogen-bond acceptors (Lipinski definition) is 3. The second-order valence-corrected chi connectivity index (χ2v) is 2.95. The first-order valence-corrected chi connectivity index (χ1v) is 4.19. The van der Waals surface area contributed by atoms with E-state index in [1.807, 2.05) is 0 Å². The van der Waals surface area contributed by atoms with E-state index in [1.165, 1.54) is 12.3 Å². The van der Waals surface area contributed by atoms with E-state index in [0.717, 1.165) is 0 Å². The number of oxazole rings is 1. The molecule has 0 aliphatic heterocycles. The fraction of sp³-hybridized carbons (Fsp3) is 0.100. The number of halogens is 1. The van der Waals surface area contributed by atoms with Crippen LogP contribution in [0.15, 0.2) is 34.9 Å². The second kappa shape index (κ2) is 3.49. The van der Waals surface area contributed by atoms with E-state index in [4.69, 9.17) is 10.2 Å². The third-order valence-electron chi connectivity index (χ3n) is 1.90. The number of nitrogens with two attached hydrogens (primary N) is 1. The minimum Gasteiger partial charge on any atom is -0.432 e. The van der Waals surface area contributed by atoms with Crippen molar-refractivity contribution in [2.24, 2.45) is 0 Å². The zero-order valence-corrected chi connectivity index (χ0v) is 7.40. The summed E-state index contributed by atoms with van der Waals surface area (Å²) in [6.07, 6.45) is 1.83. The van der Waals surface area contributed by atoms with E-state index in [2.05, 4.69) is 4.98 Å². The second-order valence-electron chi connectivity index (χ2n) is 2.95. The largest absolute Gasteiger partial charge is 0.432 e. The number of benzene rings is 1. The molecule has 2 N–H and O–H groups in total. The summed E-state index contributed by atoms with van der Waals surface area (Å²) >= 11 is 0. The molecule has 0 aliphatic carbocycles. The van der Waals surface area contributed by atoms with E-state index in [0.29, 0.717) is 17.7 Å². The third-order valence-corrected chi connectivity index (χ3v) is 1.90. The summed E-state index contributed by atoms with van der Waals surface area (Å²) in [4.78, 5) is 3.89. The quantitative estimate of drug-likeness (QED) is 0.791. The SMILES string of the molecule is Nc1nc(Cc2ccccc2F)co1. The molecule has 1 heterocycles. The zero-order valence-electron chi connectivity index (χ0n) is 7.40. The molecule has 1 aromatic carbocycles. The van der Waals surface area contributed by atoms with Crippen molar-refractivity contribution in [1.29, 1.82) is 0 Å². The molecule has 0 atom stereocenters. The Morgan fingerprint density at radius 2 is 2.14 bits per heavy atom. The lowest BCUT2D eigenvalue weighted by molar-refractivity contribution is 0.578. The van der Waals surface area contributed by atoms with Crippen molar-refractivity contribution in [2.45, 2.75) is 6.42 Å². The Labute approximate surface area is 80.4 Å². The zero-order chi connectivity index (χ0) is 9.97. The Morgan fingerprint density at radius 3 is 2.79 bits per heavy atom. The molecular weight excluding hydrogens is 183 g/mol. The minimum absolute atomic E-state index is 0.108. The Kier molecular flexibility index (Phi) is 2.18. The highest BCUT2D eigenvalue weighted by Crippen LogP contribution is 2.13. The fourth-order valence-electron chi connectivity index (χ4n) is 1.24. The summed E-state index contributed by atoms with van der Waals surface area (Å²) in [6.45, 7) is 0. The number of anilines is 1. The first kappa shape index (κ1) is 8.74. The molecule has 0 saturated carbocycles. The fourth-order valence-corrected chi connectivity index (χ4v) is 1.24. The molecule has 3 nitrogen and oxygen atoms in total. The summed E-state index contributed by atoms with van der Waals surface area (Å²) < 4.78 is 18.0. The molecule has 2 rings (SSSR count). The van der Waals surface area contributed by atoms with Crippen LogP contribution in [0.25, 0.3) is 0 Å². The van der Waals surface area contributed by atoms with Gasteiger partial charge in [-0.1, -0.05) is 18.2 Å².